The molecule has 115 heavy (non-hydrogen) atoms. The van der Waals surface area contributed by atoms with Crippen LogP contribution < -0.4 is 81.0 Å². The third-order valence-corrected chi connectivity index (χ3v) is 18.7. The Kier molecular flexibility index (Phi) is 41.3. The first-order chi connectivity index (χ1) is 54.1. The molecule has 43 heteroatoms. The number of aliphatic hydroxyl groups excluding tert-OH is 1. The molecule has 3 rings (SSSR count). The molecule has 0 saturated carbocycles. The number of aromatic amines is 1. The highest BCUT2D eigenvalue weighted by Crippen LogP contribution is 2.21. The molecule has 15 amide bonds. The molecule has 638 valence electrons. The van der Waals surface area contributed by atoms with Gasteiger partial charge in [-0.3, -0.25) is 86.3 Å². The fraction of sp³-hybridized carbons (Fsp3) is 0.611. The summed E-state index contributed by atoms with van der Waals surface area (Å²) in [7, 11) is 0.935. The summed E-state index contributed by atoms with van der Waals surface area (Å²) in [5.41, 5.74) is 17.9. The van der Waals surface area contributed by atoms with Gasteiger partial charge in [-0.2, -0.15) is 0 Å². The van der Waals surface area contributed by atoms with Crippen molar-refractivity contribution in [2.45, 2.75) is 242 Å². The van der Waals surface area contributed by atoms with Gasteiger partial charge in [0, 0.05) is 49.8 Å². The number of para-hydroxylation sites is 1. The van der Waals surface area contributed by atoms with Crippen molar-refractivity contribution in [3.05, 3.63) is 36.0 Å². The van der Waals surface area contributed by atoms with Crippen molar-refractivity contribution in [1.82, 2.24) is 73.7 Å². The molecule has 1 aromatic heterocycles. The Balaban J connectivity index is 2.24. The highest BCUT2D eigenvalue weighted by atomic mass is 16.5. The fourth-order valence-corrected chi connectivity index (χ4v) is 11.7. The number of carboxylic acids is 4. The van der Waals surface area contributed by atoms with Crippen molar-refractivity contribution >= 4 is 129 Å². The summed E-state index contributed by atoms with van der Waals surface area (Å²) in [6, 6.07) is -15.1. The normalized spacial score (nSPS) is 21.9. The van der Waals surface area contributed by atoms with E-state index in [1.807, 2.05) is 16.0 Å². The predicted octanol–water partition coefficient (Wildman–Crippen LogP) is -5.45. The number of carboxylic acid groups (broad SMARTS) is 4. The largest absolute Gasteiger partial charge is 0.481 e. The van der Waals surface area contributed by atoms with Gasteiger partial charge in [-0.25, -0.2) is 9.59 Å². The van der Waals surface area contributed by atoms with Crippen LogP contribution in [0.15, 0.2) is 30.5 Å². The maximum absolute atomic E-state index is 14.9. The Hall–Kier alpha value is -11.9. The monoisotopic (exact) mass is 1630 g/mol. The lowest BCUT2D eigenvalue weighted by Gasteiger charge is -2.32. The number of primary amides is 2. The van der Waals surface area contributed by atoms with E-state index in [9.17, 15) is 121 Å². The van der Waals surface area contributed by atoms with Gasteiger partial charge < -0.3 is 121 Å². The number of aliphatic carboxylic acids is 4. The second-order valence-electron chi connectivity index (χ2n) is 28.1. The SMILES string of the molecule is CCC(C)CCCCCCC(=O)N[C@@H](Cc1c[nH]c2ccccc12)C(=O)N[C@H](CCC(=O)O)C(=O)N[C@@H](CC(N)=O)C(=O)N[C@@H]1C(=O)N(C)CC(=O)N[C@@H](C)C(=O)N[C@@H](CC(=O)O)C(=O)N[C@H](CCCCN)C(=O)N[C@@H](C(O)C(=O)O)C(=O)NCC(=O)N[C@H](CC(N)=O)C(=O)NC(CCC(=O)O)C(=O)N[C@@H](C(C)CC)C(=O)O[C@@H]1C. The molecule has 1 aliphatic rings. The lowest BCUT2D eigenvalue weighted by atomic mass is 9.98. The van der Waals surface area contributed by atoms with E-state index in [0.717, 1.165) is 46.6 Å². The van der Waals surface area contributed by atoms with E-state index < -0.39 is 267 Å². The number of likely N-dealkylation sites (N-methyl/N-ethyl adjacent to an activating group) is 1. The number of esters is 1. The van der Waals surface area contributed by atoms with Crippen molar-refractivity contribution in [2.24, 2.45) is 29.0 Å². The second-order valence-corrected chi connectivity index (χ2v) is 28.1. The van der Waals surface area contributed by atoms with Gasteiger partial charge >= 0.3 is 29.8 Å². The minimum atomic E-state index is -2.83. The zero-order valence-electron chi connectivity index (χ0n) is 65.1. The topological polar surface area (TPSA) is 693 Å². The molecule has 0 spiro atoms. The Morgan fingerprint density at radius 1 is 0.583 bits per heavy atom. The molecular formula is C72H109N17O26. The van der Waals surface area contributed by atoms with E-state index >= 15 is 0 Å². The number of nitrogens with two attached hydrogens (primary N) is 3. The molecule has 1 aromatic carbocycles. The maximum atomic E-state index is 14.9. The lowest BCUT2D eigenvalue weighted by Crippen LogP contribution is -2.62. The van der Waals surface area contributed by atoms with Crippen LogP contribution in [-0.4, -0.2) is 259 Å². The minimum Gasteiger partial charge on any atom is -0.481 e. The van der Waals surface area contributed by atoms with Crippen molar-refractivity contribution in [2.75, 3.05) is 26.7 Å². The smallest absolute Gasteiger partial charge is 0.335 e. The Bertz CT molecular complexity index is 3820. The second kappa shape index (κ2) is 48.9. The van der Waals surface area contributed by atoms with E-state index in [4.69, 9.17) is 21.9 Å². The summed E-state index contributed by atoms with van der Waals surface area (Å²) < 4.78 is 5.78. The van der Waals surface area contributed by atoms with Gasteiger partial charge in [-0.05, 0) is 82.4 Å². The molecule has 2 heterocycles. The molecule has 4 unspecified atom stereocenters. The van der Waals surface area contributed by atoms with Crippen LogP contribution in [0.25, 0.3) is 10.9 Å². The summed E-state index contributed by atoms with van der Waals surface area (Å²) in [4.78, 5) is 276. The molecule has 2 aromatic rings. The summed E-state index contributed by atoms with van der Waals surface area (Å²) in [6.45, 7) is 6.76. The number of carbonyl (C=O) groups excluding carboxylic acids is 16. The predicted molar refractivity (Wildman–Crippen MR) is 402 cm³/mol. The number of nitrogens with zero attached hydrogens (tertiary/aromatic N) is 1. The molecular weight excluding hydrogens is 1520 g/mol. The number of carbonyl (C=O) groups is 20. The first-order valence-corrected chi connectivity index (χ1v) is 37.5. The highest BCUT2D eigenvalue weighted by Gasteiger charge is 2.42. The molecule has 15 atom stereocenters. The number of rotatable bonds is 37. The Morgan fingerprint density at radius 2 is 1.17 bits per heavy atom. The fourth-order valence-electron chi connectivity index (χ4n) is 11.7. The van der Waals surface area contributed by atoms with Crippen LogP contribution in [0, 0.1) is 11.8 Å². The quantitative estimate of drug-likeness (QED) is 0.0222. The number of ether oxygens (including phenoxy) is 1. The number of unbranched alkanes of at least 4 members (excludes halogenated alkanes) is 4. The van der Waals surface area contributed by atoms with Crippen LogP contribution >= 0.6 is 0 Å². The lowest BCUT2D eigenvalue weighted by molar-refractivity contribution is -0.159. The number of hydrogen-bond donors (Lipinski definition) is 21. The van der Waals surface area contributed by atoms with Crippen molar-refractivity contribution in [3.8, 4) is 0 Å². The van der Waals surface area contributed by atoms with Crippen LogP contribution in [-0.2, 0) is 107 Å². The third-order valence-electron chi connectivity index (χ3n) is 18.7. The summed E-state index contributed by atoms with van der Waals surface area (Å²) in [5, 5.41) is 77.1. The highest BCUT2D eigenvalue weighted by molar-refractivity contribution is 6.02. The van der Waals surface area contributed by atoms with Gasteiger partial charge in [-0.15, -0.1) is 0 Å². The molecule has 1 fully saturated rings. The maximum Gasteiger partial charge on any atom is 0.335 e. The van der Waals surface area contributed by atoms with Crippen molar-refractivity contribution < 1.29 is 126 Å². The number of benzene rings is 1. The van der Waals surface area contributed by atoms with Gasteiger partial charge in [0.2, 0.25) is 88.6 Å². The molecule has 1 saturated heterocycles. The van der Waals surface area contributed by atoms with Crippen LogP contribution in [0.3, 0.4) is 0 Å². The van der Waals surface area contributed by atoms with E-state index in [2.05, 4.69) is 66.7 Å². The average Bonchev–Trinajstić information content (AvgIpc) is 1.64. The molecule has 1 aliphatic heterocycles. The van der Waals surface area contributed by atoms with E-state index in [1.54, 1.807) is 30.5 Å². The van der Waals surface area contributed by atoms with Crippen LogP contribution in [0.4, 0.5) is 0 Å². The standard InChI is InChI=1S/C72H109N17O26/c1-8-35(3)18-12-10-11-13-22-51(92)79-45(28-39-32-76-41-20-15-14-19-40(39)41)65(106)82-43(23-25-54(95)96)62(103)85-47(30-50(75)91)68(109)87-58-38(6)115-72(114)57(36(4)9-2)86-64(105)44(24-26-55(97)98)83-66(107)46(29-49(74)90)80-52(93)33-77-69(110)59(60(101)71(112)113)88-63(104)42(21-16-17-27-73)81-67(108)48(31-56(99)100)84-61(102)37(5)78-53(94)34-89(7)70(58)111/h14-15,19-20,32,35-38,42-48,57-60,76,101H,8-13,16-18,21-31,33-34,73H2,1-7H3,(H2,74,90)(H2,75,91)(H,77,110)(H,78,94)(H,79,92)(H,80,93)(H,81,108)(H,82,106)(H,83,107)(H,84,102)(H,85,103)(H,86,105)(H,87,109)(H,88,104)(H,95,96)(H,97,98)(H,99,100)(H,112,113)/t35?,36?,37-,38+,42+,43+,44?,45-,46+,47-,48-,57-,58-,59-,60?/m0/s1. The van der Waals surface area contributed by atoms with E-state index in [0.29, 0.717) is 40.1 Å². The summed E-state index contributed by atoms with van der Waals surface area (Å²) in [6.07, 6.45) is -5.39. The summed E-state index contributed by atoms with van der Waals surface area (Å²) >= 11 is 0. The van der Waals surface area contributed by atoms with E-state index in [1.165, 1.54) is 13.8 Å². The Labute approximate surface area is 660 Å². The van der Waals surface area contributed by atoms with Gasteiger partial charge in [0.05, 0.1) is 32.4 Å². The number of H-pyrrole nitrogens is 1. The zero-order chi connectivity index (χ0) is 86.5. The number of aliphatic hydroxyl groups is 1. The van der Waals surface area contributed by atoms with Crippen molar-refractivity contribution in [1.29, 1.82) is 0 Å². The number of aromatic nitrogens is 1. The first-order valence-electron chi connectivity index (χ1n) is 37.5. The number of hydrogen-bond acceptors (Lipinski definition) is 23. The third kappa shape index (κ3) is 34.1. The molecule has 0 radical (unpaired) electrons. The van der Waals surface area contributed by atoms with Gasteiger partial charge in [-0.1, -0.05) is 84.4 Å². The number of cyclic esters (lactones) is 1. The minimum absolute atomic E-state index is 0.00143. The molecule has 0 bridgehead atoms. The number of nitrogens with one attached hydrogen (secondary N) is 13. The van der Waals surface area contributed by atoms with E-state index in [-0.39, 0.29) is 38.6 Å². The first kappa shape index (κ1) is 97.3. The van der Waals surface area contributed by atoms with Gasteiger partial charge in [0.15, 0.2) is 6.10 Å². The van der Waals surface area contributed by atoms with Crippen LogP contribution in [0.2, 0.25) is 0 Å². The number of amides is 15. The Morgan fingerprint density at radius 3 is 1.76 bits per heavy atom. The molecule has 0 aliphatic carbocycles. The van der Waals surface area contributed by atoms with Crippen molar-refractivity contribution in [3.63, 3.8) is 0 Å². The number of fused-ring (bicyclic) bond motifs is 1. The summed E-state index contributed by atoms with van der Waals surface area (Å²) in [5.74, 6) is -28.4. The average molecular weight is 1630 g/mol. The zero-order valence-corrected chi connectivity index (χ0v) is 65.1. The molecule has 43 nitrogen and oxygen atoms in total. The van der Waals surface area contributed by atoms with Crippen LogP contribution in [0.1, 0.15) is 163 Å². The molecule has 24 N–H and O–H groups in total. The van der Waals surface area contributed by atoms with Crippen LogP contribution in [0.5, 0.6) is 0 Å². The van der Waals surface area contributed by atoms with Gasteiger partial charge in [0.25, 0.3) is 0 Å². The van der Waals surface area contributed by atoms with Gasteiger partial charge in [0.1, 0.15) is 72.6 Å².